The van der Waals surface area contributed by atoms with Gasteiger partial charge in [0.1, 0.15) is 0 Å². The van der Waals surface area contributed by atoms with Gasteiger partial charge in [0.2, 0.25) is 10.0 Å². The van der Waals surface area contributed by atoms with Crippen molar-refractivity contribution >= 4 is 21.6 Å². The maximum atomic E-state index is 12.8. The lowest BCUT2D eigenvalue weighted by Gasteiger charge is -2.31. The largest absolute Gasteiger partial charge is 0.322 e. The number of hydrogen-bond donors (Lipinski definition) is 2. The van der Waals surface area contributed by atoms with E-state index < -0.39 is 10.0 Å². The normalized spacial score (nSPS) is 15.4. The molecule has 0 radical (unpaired) electrons. The Kier molecular flexibility index (Phi) is 7.86. The highest BCUT2D eigenvalue weighted by molar-refractivity contribution is 7.89. The summed E-state index contributed by atoms with van der Waals surface area (Å²) in [5.74, 6) is -0.256. The summed E-state index contributed by atoms with van der Waals surface area (Å²) in [6.07, 6.45) is 6.35. The van der Waals surface area contributed by atoms with Crippen molar-refractivity contribution < 1.29 is 13.2 Å². The van der Waals surface area contributed by atoms with Crippen LogP contribution < -0.4 is 10.0 Å². The predicted octanol–water partition coefficient (Wildman–Crippen LogP) is 4.39. The van der Waals surface area contributed by atoms with Crippen LogP contribution in [0.3, 0.4) is 0 Å². The molecule has 6 nitrogen and oxygen atoms in total. The second kappa shape index (κ2) is 10.4. The average Bonchev–Trinajstić information content (AvgIpc) is 2.75. The molecule has 0 saturated heterocycles. The number of amides is 1. The summed E-state index contributed by atoms with van der Waals surface area (Å²) in [5, 5.41) is 2.99. The van der Waals surface area contributed by atoms with Crippen LogP contribution in [0, 0.1) is 0 Å². The second-order valence-corrected chi connectivity index (χ2v) is 10.3. The smallest absolute Gasteiger partial charge is 0.255 e. The van der Waals surface area contributed by atoms with Crippen molar-refractivity contribution in [1.29, 1.82) is 0 Å². The molecule has 0 aliphatic heterocycles. The summed E-state index contributed by atoms with van der Waals surface area (Å²) in [7, 11) is -1.43. The third kappa shape index (κ3) is 6.38. The van der Waals surface area contributed by atoms with E-state index >= 15 is 0 Å². The molecule has 2 aromatic rings. The Bertz CT molecular complexity index is 981. The number of anilines is 1. The second-order valence-electron chi connectivity index (χ2n) is 8.62. The molecule has 0 unspecified atom stereocenters. The van der Waals surface area contributed by atoms with Gasteiger partial charge in [0.25, 0.3) is 5.91 Å². The predicted molar refractivity (Wildman–Crippen MR) is 125 cm³/mol. The molecule has 0 bridgehead atoms. The first-order valence-corrected chi connectivity index (χ1v) is 12.5. The molecule has 1 fully saturated rings. The van der Waals surface area contributed by atoms with Gasteiger partial charge in [-0.25, -0.2) is 13.1 Å². The quantitative estimate of drug-likeness (QED) is 0.634. The fraction of sp³-hybridized carbons (Fsp3) is 0.458. The van der Waals surface area contributed by atoms with Gasteiger partial charge in [0.05, 0.1) is 4.90 Å². The van der Waals surface area contributed by atoms with E-state index in [0.29, 0.717) is 11.6 Å². The Morgan fingerprint density at radius 1 is 1.03 bits per heavy atom. The van der Waals surface area contributed by atoms with Gasteiger partial charge in [0, 0.05) is 29.9 Å². The highest BCUT2D eigenvalue weighted by Crippen LogP contribution is 2.25. The van der Waals surface area contributed by atoms with Crippen molar-refractivity contribution in [2.45, 2.75) is 69.5 Å². The Morgan fingerprint density at radius 2 is 1.68 bits per heavy atom. The van der Waals surface area contributed by atoms with Crippen LogP contribution in [0.1, 0.15) is 61.9 Å². The van der Waals surface area contributed by atoms with E-state index in [2.05, 4.69) is 22.0 Å². The zero-order chi connectivity index (χ0) is 22.4. The van der Waals surface area contributed by atoms with Gasteiger partial charge >= 0.3 is 0 Å². The lowest BCUT2D eigenvalue weighted by atomic mass is 9.94. The van der Waals surface area contributed by atoms with Crippen LogP contribution in [0.15, 0.2) is 53.4 Å². The summed E-state index contributed by atoms with van der Waals surface area (Å²) in [4.78, 5) is 15.3. The summed E-state index contributed by atoms with van der Waals surface area (Å²) in [6, 6.07) is 14.2. The first-order valence-electron chi connectivity index (χ1n) is 11.0. The van der Waals surface area contributed by atoms with Gasteiger partial charge in [-0.05, 0) is 69.6 Å². The Labute approximate surface area is 186 Å². The molecule has 1 aliphatic rings. The number of para-hydroxylation sites is 1. The van der Waals surface area contributed by atoms with E-state index in [1.54, 1.807) is 26.0 Å². The minimum atomic E-state index is -3.58. The molecule has 31 heavy (non-hydrogen) atoms. The van der Waals surface area contributed by atoms with Crippen molar-refractivity contribution in [3.05, 3.63) is 59.7 Å². The Morgan fingerprint density at radius 3 is 2.32 bits per heavy atom. The monoisotopic (exact) mass is 443 g/mol. The van der Waals surface area contributed by atoms with Crippen molar-refractivity contribution in [1.82, 2.24) is 9.62 Å². The molecule has 0 spiro atoms. The van der Waals surface area contributed by atoms with Crippen LogP contribution in [0.2, 0.25) is 0 Å². The molecule has 0 atom stereocenters. The molecule has 2 N–H and O–H groups in total. The number of nitrogens with zero attached hydrogens (tertiary/aromatic N) is 1. The van der Waals surface area contributed by atoms with E-state index in [-0.39, 0.29) is 16.8 Å². The van der Waals surface area contributed by atoms with Crippen LogP contribution in [-0.4, -0.2) is 38.4 Å². The van der Waals surface area contributed by atoms with Gasteiger partial charge in [-0.2, -0.15) is 0 Å². The maximum absolute atomic E-state index is 12.8. The third-order valence-corrected chi connectivity index (χ3v) is 7.38. The van der Waals surface area contributed by atoms with E-state index in [9.17, 15) is 13.2 Å². The molecule has 0 heterocycles. The van der Waals surface area contributed by atoms with Crippen molar-refractivity contribution in [2.75, 3.05) is 12.4 Å². The zero-order valence-corrected chi connectivity index (χ0v) is 19.4. The van der Waals surface area contributed by atoms with E-state index in [4.69, 9.17) is 0 Å². The molecular weight excluding hydrogens is 410 g/mol. The fourth-order valence-electron chi connectivity index (χ4n) is 4.06. The summed E-state index contributed by atoms with van der Waals surface area (Å²) in [5.41, 5.74) is 2.27. The summed E-state index contributed by atoms with van der Waals surface area (Å²) in [6.45, 7) is 4.31. The number of rotatable bonds is 8. The Balaban J connectivity index is 1.69. The molecule has 2 aromatic carbocycles. The van der Waals surface area contributed by atoms with E-state index in [1.807, 2.05) is 24.3 Å². The van der Waals surface area contributed by atoms with Gasteiger partial charge in [-0.1, -0.05) is 37.5 Å². The molecule has 168 valence electrons. The minimum Gasteiger partial charge on any atom is -0.322 e. The number of hydrogen-bond acceptors (Lipinski definition) is 4. The van der Waals surface area contributed by atoms with Crippen LogP contribution >= 0.6 is 0 Å². The summed E-state index contributed by atoms with van der Waals surface area (Å²) >= 11 is 0. The SMILES string of the molecule is CC(C)NS(=O)(=O)c1ccc(C(=O)Nc2ccccc2CN(C)C2CCCCC2)cc1. The van der Waals surface area contributed by atoms with Gasteiger partial charge in [-0.3, -0.25) is 9.69 Å². The standard InChI is InChI=1S/C24H33N3O3S/c1-18(2)26-31(29,30)22-15-13-19(14-16-22)24(28)25-23-12-8-7-9-20(23)17-27(3)21-10-5-4-6-11-21/h7-9,12-16,18,21,26H,4-6,10-11,17H2,1-3H3,(H,25,28). The Hall–Kier alpha value is -2.22. The molecule has 7 heteroatoms. The third-order valence-electron chi connectivity index (χ3n) is 5.70. The first-order chi connectivity index (χ1) is 14.8. The van der Waals surface area contributed by atoms with Gasteiger partial charge in [0.15, 0.2) is 0 Å². The molecule has 1 saturated carbocycles. The topological polar surface area (TPSA) is 78.5 Å². The first kappa shape index (κ1) is 23.4. The lowest BCUT2D eigenvalue weighted by Crippen LogP contribution is -2.33. The van der Waals surface area contributed by atoms with Gasteiger partial charge < -0.3 is 5.32 Å². The van der Waals surface area contributed by atoms with Crippen LogP contribution in [0.5, 0.6) is 0 Å². The van der Waals surface area contributed by atoms with Gasteiger partial charge in [-0.15, -0.1) is 0 Å². The molecular formula is C24H33N3O3S. The van der Waals surface area contributed by atoms with E-state index in [0.717, 1.165) is 17.8 Å². The number of carbonyl (C=O) groups excluding carboxylic acids is 1. The molecule has 1 amide bonds. The number of nitrogens with one attached hydrogen (secondary N) is 2. The van der Waals surface area contributed by atoms with Crippen LogP contribution in [-0.2, 0) is 16.6 Å². The van der Waals surface area contributed by atoms with Crippen molar-refractivity contribution in [3.63, 3.8) is 0 Å². The highest BCUT2D eigenvalue weighted by Gasteiger charge is 2.20. The lowest BCUT2D eigenvalue weighted by molar-refractivity contribution is 0.102. The van der Waals surface area contributed by atoms with Crippen molar-refractivity contribution in [2.24, 2.45) is 0 Å². The number of sulfonamides is 1. The fourth-order valence-corrected chi connectivity index (χ4v) is 5.31. The number of carbonyl (C=O) groups is 1. The number of benzene rings is 2. The molecule has 0 aromatic heterocycles. The molecule has 1 aliphatic carbocycles. The summed E-state index contributed by atoms with van der Waals surface area (Å²) < 4.78 is 27.1. The molecule has 3 rings (SSSR count). The van der Waals surface area contributed by atoms with Crippen LogP contribution in [0.4, 0.5) is 5.69 Å². The average molecular weight is 444 g/mol. The van der Waals surface area contributed by atoms with Crippen LogP contribution in [0.25, 0.3) is 0 Å². The zero-order valence-electron chi connectivity index (χ0n) is 18.6. The minimum absolute atomic E-state index is 0.146. The maximum Gasteiger partial charge on any atom is 0.255 e. The highest BCUT2D eigenvalue weighted by atomic mass is 32.2. The van der Waals surface area contributed by atoms with Crippen molar-refractivity contribution in [3.8, 4) is 0 Å². The van der Waals surface area contributed by atoms with E-state index in [1.165, 1.54) is 44.2 Å².